The molecule has 4 nitrogen and oxygen atoms in total. The Kier molecular flexibility index (Phi) is 4.02. The molecule has 0 spiro atoms. The van der Waals surface area contributed by atoms with Gasteiger partial charge in [0.2, 0.25) is 0 Å². The molecule has 2 aliphatic heterocycles. The van der Waals surface area contributed by atoms with Crippen LogP contribution in [0.2, 0.25) is 5.02 Å². The number of aromatic nitrogens is 1. The Balaban J connectivity index is 1.73. The van der Waals surface area contributed by atoms with Gasteiger partial charge in [0.1, 0.15) is 0 Å². The van der Waals surface area contributed by atoms with Gasteiger partial charge in [-0.1, -0.05) is 35.9 Å². The standard InChI is InChI=1S/C19H20ClN3O/c1-12-4-2-3-5-16(12)18-17-10-22-8-14(17)11-23(18)19(24)13-6-15(20)9-21-7-13/h2-7,9,14,17-18,22H,8,10-11H2,1H3/t14-,17-,18+/m0/s1. The van der Waals surface area contributed by atoms with E-state index in [1.165, 1.54) is 11.1 Å². The van der Waals surface area contributed by atoms with Gasteiger partial charge >= 0.3 is 0 Å². The van der Waals surface area contributed by atoms with Crippen LogP contribution in [-0.2, 0) is 0 Å². The molecule has 0 aliphatic carbocycles. The van der Waals surface area contributed by atoms with Gasteiger partial charge < -0.3 is 10.2 Å². The van der Waals surface area contributed by atoms with Gasteiger partial charge in [-0.05, 0) is 30.0 Å². The van der Waals surface area contributed by atoms with Gasteiger partial charge in [-0.25, -0.2) is 0 Å². The van der Waals surface area contributed by atoms with Gasteiger partial charge in [0.05, 0.1) is 16.6 Å². The van der Waals surface area contributed by atoms with E-state index < -0.39 is 0 Å². The van der Waals surface area contributed by atoms with Crippen molar-refractivity contribution >= 4 is 17.5 Å². The van der Waals surface area contributed by atoms with Crippen molar-refractivity contribution in [3.63, 3.8) is 0 Å². The molecular formula is C19H20ClN3O. The number of carbonyl (C=O) groups excluding carboxylic acids is 1. The highest BCUT2D eigenvalue weighted by Gasteiger charge is 2.47. The van der Waals surface area contributed by atoms with E-state index in [0.29, 0.717) is 22.4 Å². The molecule has 0 unspecified atom stereocenters. The molecule has 4 rings (SSSR count). The molecular weight excluding hydrogens is 322 g/mol. The molecule has 24 heavy (non-hydrogen) atoms. The van der Waals surface area contributed by atoms with Gasteiger partial charge in [-0.2, -0.15) is 0 Å². The highest BCUT2D eigenvalue weighted by molar-refractivity contribution is 6.30. The number of halogens is 1. The second kappa shape index (κ2) is 6.19. The number of likely N-dealkylation sites (tertiary alicyclic amines) is 1. The lowest BCUT2D eigenvalue weighted by Crippen LogP contribution is -2.35. The molecule has 3 heterocycles. The fourth-order valence-electron chi connectivity index (χ4n) is 4.14. The van der Waals surface area contributed by atoms with Crippen LogP contribution >= 0.6 is 11.6 Å². The largest absolute Gasteiger partial charge is 0.331 e. The van der Waals surface area contributed by atoms with Crippen LogP contribution in [0.1, 0.15) is 27.5 Å². The maximum atomic E-state index is 13.1. The van der Waals surface area contributed by atoms with Crippen molar-refractivity contribution < 1.29 is 4.79 Å². The Hall–Kier alpha value is -1.91. The fraction of sp³-hybridized carbons (Fsp3) is 0.368. The van der Waals surface area contributed by atoms with Crippen LogP contribution in [0.15, 0.2) is 42.7 Å². The smallest absolute Gasteiger partial charge is 0.256 e. The summed E-state index contributed by atoms with van der Waals surface area (Å²) in [7, 11) is 0. The van der Waals surface area contributed by atoms with Gasteiger partial charge in [0.15, 0.2) is 0 Å². The first-order chi connectivity index (χ1) is 11.6. The van der Waals surface area contributed by atoms with Crippen LogP contribution in [0.5, 0.6) is 0 Å². The SMILES string of the molecule is Cc1ccccc1[C@@H]1[C@H]2CNC[C@H]2CN1C(=O)c1cncc(Cl)c1. The van der Waals surface area contributed by atoms with Crippen molar-refractivity contribution in [2.24, 2.45) is 11.8 Å². The summed E-state index contributed by atoms with van der Waals surface area (Å²) in [6, 6.07) is 10.2. The van der Waals surface area contributed by atoms with Crippen molar-refractivity contribution in [1.82, 2.24) is 15.2 Å². The van der Waals surface area contributed by atoms with Gasteiger partial charge in [-0.3, -0.25) is 9.78 Å². The zero-order chi connectivity index (χ0) is 16.7. The van der Waals surface area contributed by atoms with Crippen molar-refractivity contribution in [3.05, 3.63) is 64.4 Å². The summed E-state index contributed by atoms with van der Waals surface area (Å²) in [5.41, 5.74) is 3.04. The van der Waals surface area contributed by atoms with E-state index in [1.807, 2.05) is 11.0 Å². The van der Waals surface area contributed by atoms with E-state index in [9.17, 15) is 4.79 Å². The minimum atomic E-state index is 0.0210. The molecule has 3 atom stereocenters. The molecule has 0 bridgehead atoms. The number of hydrogen-bond donors (Lipinski definition) is 1. The minimum Gasteiger partial charge on any atom is -0.331 e. The molecule has 2 aliphatic rings. The van der Waals surface area contributed by atoms with E-state index in [4.69, 9.17) is 11.6 Å². The second-order valence-corrected chi connectivity index (χ2v) is 7.17. The average molecular weight is 342 g/mol. The van der Waals surface area contributed by atoms with E-state index in [2.05, 4.69) is 35.4 Å². The van der Waals surface area contributed by atoms with Gasteiger partial charge in [-0.15, -0.1) is 0 Å². The minimum absolute atomic E-state index is 0.0210. The van der Waals surface area contributed by atoms with Crippen molar-refractivity contribution in [2.45, 2.75) is 13.0 Å². The summed E-state index contributed by atoms with van der Waals surface area (Å²) in [6.07, 6.45) is 3.16. The summed E-state index contributed by atoms with van der Waals surface area (Å²) in [6.45, 7) is 4.84. The predicted molar refractivity (Wildman–Crippen MR) is 94.1 cm³/mol. The average Bonchev–Trinajstić information content (AvgIpc) is 3.16. The molecule has 1 aromatic heterocycles. The Labute approximate surface area is 146 Å². The normalized spacial score (nSPS) is 25.8. The lowest BCUT2D eigenvalue weighted by atomic mass is 9.87. The van der Waals surface area contributed by atoms with Crippen LogP contribution < -0.4 is 5.32 Å². The van der Waals surface area contributed by atoms with Crippen LogP contribution in [0, 0.1) is 18.8 Å². The molecule has 2 saturated heterocycles. The number of aryl methyl sites for hydroxylation is 1. The molecule has 1 aromatic carbocycles. The van der Waals surface area contributed by atoms with Crippen LogP contribution in [-0.4, -0.2) is 35.4 Å². The number of nitrogens with one attached hydrogen (secondary N) is 1. The first-order valence-corrected chi connectivity index (χ1v) is 8.70. The highest BCUT2D eigenvalue weighted by Crippen LogP contribution is 2.44. The summed E-state index contributed by atoms with van der Waals surface area (Å²) < 4.78 is 0. The number of carbonyl (C=O) groups is 1. The third-order valence-electron chi connectivity index (χ3n) is 5.28. The van der Waals surface area contributed by atoms with Gasteiger partial charge in [0, 0.05) is 37.9 Å². The lowest BCUT2D eigenvalue weighted by molar-refractivity contribution is 0.0713. The van der Waals surface area contributed by atoms with Crippen LogP contribution in [0.3, 0.4) is 0 Å². The zero-order valence-electron chi connectivity index (χ0n) is 13.6. The Morgan fingerprint density at radius 1 is 1.29 bits per heavy atom. The molecule has 0 radical (unpaired) electrons. The first-order valence-electron chi connectivity index (χ1n) is 8.33. The monoisotopic (exact) mass is 341 g/mol. The van der Waals surface area contributed by atoms with Crippen molar-refractivity contribution in [1.29, 1.82) is 0 Å². The third kappa shape index (κ3) is 2.60. The molecule has 1 amide bonds. The number of benzene rings is 1. The third-order valence-corrected chi connectivity index (χ3v) is 5.49. The van der Waals surface area contributed by atoms with Gasteiger partial charge in [0.25, 0.3) is 5.91 Å². The van der Waals surface area contributed by atoms with Crippen LogP contribution in [0.4, 0.5) is 0 Å². The van der Waals surface area contributed by atoms with E-state index in [0.717, 1.165) is 19.6 Å². The zero-order valence-corrected chi connectivity index (χ0v) is 14.3. The van der Waals surface area contributed by atoms with Crippen molar-refractivity contribution in [3.8, 4) is 0 Å². The number of amides is 1. The summed E-state index contributed by atoms with van der Waals surface area (Å²) >= 11 is 6.03. The van der Waals surface area contributed by atoms with Crippen LogP contribution in [0.25, 0.3) is 0 Å². The van der Waals surface area contributed by atoms with E-state index in [1.54, 1.807) is 18.5 Å². The quantitative estimate of drug-likeness (QED) is 0.913. The Morgan fingerprint density at radius 3 is 2.92 bits per heavy atom. The number of fused-ring (bicyclic) bond motifs is 1. The molecule has 5 heteroatoms. The first kappa shape index (κ1) is 15.6. The highest BCUT2D eigenvalue weighted by atomic mass is 35.5. The second-order valence-electron chi connectivity index (χ2n) is 6.73. The molecule has 2 fully saturated rings. The predicted octanol–water partition coefficient (Wildman–Crippen LogP) is 3.08. The Bertz CT molecular complexity index is 779. The number of rotatable bonds is 2. The fourth-order valence-corrected chi connectivity index (χ4v) is 4.32. The molecule has 2 aromatic rings. The molecule has 0 saturated carbocycles. The van der Waals surface area contributed by atoms with E-state index in [-0.39, 0.29) is 11.9 Å². The number of pyridine rings is 1. The maximum Gasteiger partial charge on any atom is 0.256 e. The summed E-state index contributed by atoms with van der Waals surface area (Å²) in [4.78, 5) is 19.2. The lowest BCUT2D eigenvalue weighted by Gasteiger charge is -2.29. The van der Waals surface area contributed by atoms with E-state index >= 15 is 0 Å². The summed E-state index contributed by atoms with van der Waals surface area (Å²) in [5.74, 6) is 0.987. The maximum absolute atomic E-state index is 13.1. The molecule has 1 N–H and O–H groups in total. The molecule has 124 valence electrons. The topological polar surface area (TPSA) is 45.2 Å². The van der Waals surface area contributed by atoms with Crippen molar-refractivity contribution in [2.75, 3.05) is 19.6 Å². The summed E-state index contributed by atoms with van der Waals surface area (Å²) in [5, 5.41) is 3.98. The number of nitrogens with zero attached hydrogens (tertiary/aromatic N) is 2. The number of hydrogen-bond acceptors (Lipinski definition) is 3. The Morgan fingerprint density at radius 2 is 2.12 bits per heavy atom.